The Morgan fingerprint density at radius 1 is 1.36 bits per heavy atom. The third kappa shape index (κ3) is 4.13. The van der Waals surface area contributed by atoms with Gasteiger partial charge in [-0.3, -0.25) is 0 Å². The van der Waals surface area contributed by atoms with E-state index < -0.39 is 0 Å². The molecule has 0 aromatic carbocycles. The van der Waals surface area contributed by atoms with Gasteiger partial charge in [-0.25, -0.2) is 0 Å². The van der Waals surface area contributed by atoms with Crippen LogP contribution in [0.1, 0.15) is 39.0 Å². The number of hydrogen-bond acceptors (Lipinski definition) is 2. The van der Waals surface area contributed by atoms with E-state index in [1.54, 1.807) is 0 Å². The number of rotatable bonds is 5. The normalized spacial score (nSPS) is 27.1. The molecule has 0 unspecified atom stereocenters. The smallest absolute Gasteiger partial charge is 0.107 e. The number of ether oxygens (including phenoxy) is 1. The van der Waals surface area contributed by atoms with E-state index in [0.29, 0.717) is 18.8 Å². The lowest BCUT2D eigenvalue weighted by Gasteiger charge is -2.28. The first-order valence-corrected chi connectivity index (χ1v) is 5.65. The molecule has 0 bridgehead atoms. The summed E-state index contributed by atoms with van der Waals surface area (Å²) in [5.74, 6) is 2.52. The van der Waals surface area contributed by atoms with Gasteiger partial charge in [-0.1, -0.05) is 12.8 Å². The minimum Gasteiger partial charge on any atom is -0.366 e. The number of hydrogen-bond donors (Lipinski definition) is 1. The van der Waals surface area contributed by atoms with Gasteiger partial charge in [-0.2, -0.15) is 0 Å². The zero-order valence-corrected chi connectivity index (χ0v) is 9.09. The summed E-state index contributed by atoms with van der Waals surface area (Å²) in [6.45, 7) is 3.81. The van der Waals surface area contributed by atoms with Crippen LogP contribution >= 0.6 is 0 Å². The van der Waals surface area contributed by atoms with Gasteiger partial charge >= 0.3 is 0 Å². The van der Waals surface area contributed by atoms with Crippen molar-refractivity contribution in [1.29, 1.82) is 0 Å². The highest BCUT2D eigenvalue weighted by molar-refractivity contribution is 4.85. The lowest BCUT2D eigenvalue weighted by molar-refractivity contribution is 0.0427. The van der Waals surface area contributed by atoms with E-state index in [2.05, 4.69) is 18.2 Å². The first kappa shape index (κ1) is 11.6. The molecule has 0 radical (unpaired) electrons. The van der Waals surface area contributed by atoms with Crippen molar-refractivity contribution in [2.75, 3.05) is 13.2 Å². The maximum Gasteiger partial charge on any atom is 0.107 e. The molecule has 0 saturated heterocycles. The van der Waals surface area contributed by atoms with Crippen LogP contribution < -0.4 is 5.32 Å². The van der Waals surface area contributed by atoms with Gasteiger partial charge in [-0.05, 0) is 38.6 Å². The van der Waals surface area contributed by atoms with E-state index in [0.717, 1.165) is 19.4 Å². The van der Waals surface area contributed by atoms with E-state index in [-0.39, 0.29) is 0 Å². The Hall–Kier alpha value is -0.520. The molecule has 0 spiro atoms. The first-order chi connectivity index (χ1) is 6.86. The van der Waals surface area contributed by atoms with Crippen LogP contribution in [0.4, 0.5) is 0 Å². The molecule has 1 aliphatic carbocycles. The summed E-state index contributed by atoms with van der Waals surface area (Å²) in [7, 11) is 0. The molecular formula is C12H21NO. The van der Waals surface area contributed by atoms with Crippen molar-refractivity contribution in [3.05, 3.63) is 0 Å². The molecule has 1 N–H and O–H groups in total. The van der Waals surface area contributed by atoms with Gasteiger partial charge in [0.25, 0.3) is 0 Å². The summed E-state index contributed by atoms with van der Waals surface area (Å²) < 4.78 is 5.52. The molecule has 14 heavy (non-hydrogen) atoms. The fourth-order valence-electron chi connectivity index (χ4n) is 1.95. The van der Waals surface area contributed by atoms with Crippen LogP contribution in [-0.4, -0.2) is 25.3 Å². The first-order valence-electron chi connectivity index (χ1n) is 5.65. The van der Waals surface area contributed by atoms with Crippen molar-refractivity contribution < 1.29 is 4.74 Å². The largest absolute Gasteiger partial charge is 0.366 e. The predicted molar refractivity (Wildman–Crippen MR) is 59.1 cm³/mol. The van der Waals surface area contributed by atoms with Crippen molar-refractivity contribution in [2.45, 2.75) is 51.2 Å². The van der Waals surface area contributed by atoms with Crippen LogP contribution in [-0.2, 0) is 4.74 Å². The van der Waals surface area contributed by atoms with Gasteiger partial charge in [0.15, 0.2) is 0 Å². The number of terminal acetylenes is 1. The summed E-state index contributed by atoms with van der Waals surface area (Å²) in [5.41, 5.74) is 0. The topological polar surface area (TPSA) is 21.3 Å². The maximum absolute atomic E-state index is 5.52. The van der Waals surface area contributed by atoms with Crippen molar-refractivity contribution in [2.24, 2.45) is 0 Å². The van der Waals surface area contributed by atoms with Crippen molar-refractivity contribution >= 4 is 0 Å². The second-order valence-corrected chi connectivity index (χ2v) is 3.94. The Labute approximate surface area is 87.4 Å². The van der Waals surface area contributed by atoms with Gasteiger partial charge in [-0.15, -0.1) is 6.42 Å². The van der Waals surface area contributed by atoms with Crippen LogP contribution in [0.25, 0.3) is 0 Å². The average Bonchev–Trinajstić information content (AvgIpc) is 2.25. The van der Waals surface area contributed by atoms with Gasteiger partial charge in [0.2, 0.25) is 0 Å². The second-order valence-electron chi connectivity index (χ2n) is 3.94. The van der Waals surface area contributed by atoms with E-state index >= 15 is 0 Å². The monoisotopic (exact) mass is 195 g/mol. The van der Waals surface area contributed by atoms with Gasteiger partial charge in [0.1, 0.15) is 6.61 Å². The van der Waals surface area contributed by atoms with E-state index in [1.165, 1.54) is 19.3 Å². The summed E-state index contributed by atoms with van der Waals surface area (Å²) >= 11 is 0. The average molecular weight is 195 g/mol. The highest BCUT2D eigenvalue weighted by Crippen LogP contribution is 2.20. The van der Waals surface area contributed by atoms with Crippen LogP contribution in [0, 0.1) is 12.3 Å². The fourth-order valence-corrected chi connectivity index (χ4v) is 1.95. The Morgan fingerprint density at radius 2 is 2.07 bits per heavy atom. The molecule has 0 aliphatic heterocycles. The molecule has 0 amide bonds. The third-order valence-electron chi connectivity index (χ3n) is 2.76. The molecule has 1 fully saturated rings. The Balaban J connectivity index is 2.09. The summed E-state index contributed by atoms with van der Waals surface area (Å²) in [4.78, 5) is 0. The molecule has 0 heterocycles. The maximum atomic E-state index is 5.52. The summed E-state index contributed by atoms with van der Waals surface area (Å²) in [6.07, 6.45) is 11.5. The molecule has 2 nitrogen and oxygen atoms in total. The van der Waals surface area contributed by atoms with Crippen molar-refractivity contribution in [3.8, 4) is 12.3 Å². The quantitative estimate of drug-likeness (QED) is 0.677. The van der Waals surface area contributed by atoms with E-state index in [4.69, 9.17) is 11.2 Å². The fraction of sp³-hybridized carbons (Fsp3) is 0.833. The lowest BCUT2D eigenvalue weighted by atomic mass is 9.93. The molecule has 0 aromatic heterocycles. The standard InChI is InChI=1S/C12H21NO/c1-3-9-13-11-5-7-12(8-6-11)14-10-4-2/h2,11-13H,3,5-10H2,1H3. The Morgan fingerprint density at radius 3 is 2.64 bits per heavy atom. The second kappa shape index (κ2) is 6.86. The van der Waals surface area contributed by atoms with Crippen molar-refractivity contribution in [3.63, 3.8) is 0 Å². The van der Waals surface area contributed by atoms with Crippen LogP contribution in [0.2, 0.25) is 0 Å². The van der Waals surface area contributed by atoms with Crippen LogP contribution in [0.5, 0.6) is 0 Å². The third-order valence-corrected chi connectivity index (χ3v) is 2.76. The molecule has 0 atom stereocenters. The molecule has 1 saturated carbocycles. The van der Waals surface area contributed by atoms with Gasteiger partial charge in [0.05, 0.1) is 6.10 Å². The molecule has 1 rings (SSSR count). The number of nitrogens with one attached hydrogen (secondary N) is 1. The molecule has 80 valence electrons. The van der Waals surface area contributed by atoms with Crippen LogP contribution in [0.3, 0.4) is 0 Å². The van der Waals surface area contributed by atoms with E-state index in [9.17, 15) is 0 Å². The Bertz CT molecular complexity index is 177. The highest BCUT2D eigenvalue weighted by atomic mass is 16.5. The highest BCUT2D eigenvalue weighted by Gasteiger charge is 2.20. The predicted octanol–water partition coefficient (Wildman–Crippen LogP) is 1.95. The lowest BCUT2D eigenvalue weighted by Crippen LogP contribution is -2.35. The minimum absolute atomic E-state index is 0.408. The molecular weight excluding hydrogens is 174 g/mol. The van der Waals surface area contributed by atoms with Crippen LogP contribution in [0.15, 0.2) is 0 Å². The molecule has 1 aliphatic rings. The molecule has 0 aromatic rings. The summed E-state index contributed by atoms with van der Waals surface area (Å²) in [6, 6.07) is 0.709. The zero-order valence-electron chi connectivity index (χ0n) is 9.09. The van der Waals surface area contributed by atoms with Gasteiger partial charge < -0.3 is 10.1 Å². The zero-order chi connectivity index (χ0) is 10.2. The van der Waals surface area contributed by atoms with E-state index in [1.807, 2.05) is 0 Å². The minimum atomic E-state index is 0.408. The SMILES string of the molecule is C#CCOC1CCC(NCCC)CC1. The van der Waals surface area contributed by atoms with Gasteiger partial charge in [0, 0.05) is 6.04 Å². The summed E-state index contributed by atoms with van der Waals surface area (Å²) in [5, 5.41) is 3.55. The van der Waals surface area contributed by atoms with Crippen molar-refractivity contribution in [1.82, 2.24) is 5.32 Å². The Kier molecular flexibility index (Phi) is 5.66. The molecule has 2 heteroatoms.